The van der Waals surface area contributed by atoms with Crippen LogP contribution in [-0.4, -0.2) is 44.3 Å². The Labute approximate surface area is 110 Å². The Kier molecular flexibility index (Phi) is 5.08. The van der Waals surface area contributed by atoms with E-state index in [1.54, 1.807) is 11.6 Å². The van der Waals surface area contributed by atoms with Crippen molar-refractivity contribution < 1.29 is 20.1 Å². The molecule has 0 unspecified atom stereocenters. The summed E-state index contributed by atoms with van der Waals surface area (Å²) >= 11 is 0. The summed E-state index contributed by atoms with van der Waals surface area (Å²) in [5.74, 6) is -1.40. The number of carboxylic acids is 1. The molecule has 1 heterocycles. The third-order valence-electron chi connectivity index (χ3n) is 2.78. The summed E-state index contributed by atoms with van der Waals surface area (Å²) < 4.78 is 1.61. The number of rotatable bonds is 6. The Morgan fingerprint density at radius 3 is 2.58 bits per heavy atom. The van der Waals surface area contributed by atoms with E-state index in [4.69, 9.17) is 5.11 Å². The molecule has 7 heteroatoms. The van der Waals surface area contributed by atoms with Crippen LogP contribution in [0.2, 0.25) is 0 Å². The first-order chi connectivity index (χ1) is 8.90. The normalized spacial score (nSPS) is 10.9. The molecule has 0 bridgehead atoms. The lowest BCUT2D eigenvalue weighted by Gasteiger charge is -2.21. The maximum atomic E-state index is 11.6. The van der Waals surface area contributed by atoms with Crippen molar-refractivity contribution in [1.82, 2.24) is 9.47 Å². The number of pyridine rings is 1. The minimum atomic E-state index is -0.995. The second-order valence-electron chi connectivity index (χ2n) is 4.26. The van der Waals surface area contributed by atoms with E-state index in [-0.39, 0.29) is 19.7 Å². The average Bonchev–Trinajstić information content (AvgIpc) is 2.33. The van der Waals surface area contributed by atoms with Crippen LogP contribution in [0.3, 0.4) is 0 Å². The largest absolute Gasteiger partial charge is 0.503 e. The van der Waals surface area contributed by atoms with Gasteiger partial charge < -0.3 is 19.9 Å². The van der Waals surface area contributed by atoms with Gasteiger partial charge in [-0.1, -0.05) is 0 Å². The van der Waals surface area contributed by atoms with Gasteiger partial charge in [0, 0.05) is 24.8 Å². The van der Waals surface area contributed by atoms with Crippen LogP contribution in [0.4, 0.5) is 0 Å². The lowest BCUT2D eigenvalue weighted by molar-refractivity contribution is -0.138. The van der Waals surface area contributed by atoms with Crippen molar-refractivity contribution in [3.8, 4) is 5.75 Å². The fraction of sp³-hybridized carbons (Fsp3) is 0.500. The molecule has 0 saturated carbocycles. The van der Waals surface area contributed by atoms with E-state index in [1.807, 2.05) is 6.92 Å². The number of carboxylic acid groups (broad SMARTS) is 1. The van der Waals surface area contributed by atoms with Gasteiger partial charge in [-0.2, -0.15) is 0 Å². The third kappa shape index (κ3) is 3.55. The minimum Gasteiger partial charge on any atom is -0.503 e. The first kappa shape index (κ1) is 15.2. The van der Waals surface area contributed by atoms with Crippen LogP contribution in [0, 0.1) is 0 Å². The minimum absolute atomic E-state index is 0.106. The predicted octanol–water partition coefficient (Wildman–Crippen LogP) is -0.418. The summed E-state index contributed by atoms with van der Waals surface area (Å²) in [5.41, 5.74) is 0.124. The monoisotopic (exact) mass is 270 g/mol. The molecule has 1 aromatic rings. The van der Waals surface area contributed by atoms with E-state index < -0.39 is 17.1 Å². The van der Waals surface area contributed by atoms with Gasteiger partial charge in [-0.15, -0.1) is 0 Å². The lowest BCUT2D eigenvalue weighted by atomic mass is 10.2. The Bertz CT molecular complexity index is 524. The number of aliphatic carboxylic acids is 1. The molecule has 0 radical (unpaired) electrons. The summed E-state index contributed by atoms with van der Waals surface area (Å²) in [5, 5.41) is 27.7. The predicted molar refractivity (Wildman–Crippen MR) is 67.9 cm³/mol. The zero-order chi connectivity index (χ0) is 14.6. The second kappa shape index (κ2) is 6.35. The first-order valence-corrected chi connectivity index (χ1v) is 5.86. The maximum absolute atomic E-state index is 11.6. The fourth-order valence-electron chi connectivity index (χ4n) is 1.97. The van der Waals surface area contributed by atoms with Gasteiger partial charge in [0.1, 0.15) is 0 Å². The first-order valence-electron chi connectivity index (χ1n) is 5.86. The summed E-state index contributed by atoms with van der Waals surface area (Å²) in [4.78, 5) is 23.7. The number of likely N-dealkylation sites (N-methyl/N-ethyl adjacent to an activating group) is 1. The Hall–Kier alpha value is -1.86. The second-order valence-corrected chi connectivity index (χ2v) is 4.26. The van der Waals surface area contributed by atoms with Gasteiger partial charge >= 0.3 is 5.97 Å². The highest BCUT2D eigenvalue weighted by Crippen LogP contribution is 2.16. The Morgan fingerprint density at radius 1 is 1.47 bits per heavy atom. The van der Waals surface area contributed by atoms with Crippen molar-refractivity contribution in [2.24, 2.45) is 0 Å². The van der Waals surface area contributed by atoms with E-state index >= 15 is 0 Å². The number of hydrogen-bond donors (Lipinski definition) is 3. The molecule has 1 aromatic heterocycles. The SMILES string of the molecule is CCn1c(CO)cc(=O)c(O)c1CN(C)CC(=O)O. The molecule has 0 aliphatic heterocycles. The van der Waals surface area contributed by atoms with E-state index in [9.17, 15) is 19.8 Å². The molecule has 0 fully saturated rings. The third-order valence-corrected chi connectivity index (χ3v) is 2.78. The van der Waals surface area contributed by atoms with Crippen molar-refractivity contribution in [3.63, 3.8) is 0 Å². The smallest absolute Gasteiger partial charge is 0.317 e. The van der Waals surface area contributed by atoms with Gasteiger partial charge in [-0.25, -0.2) is 0 Å². The molecule has 0 aliphatic carbocycles. The van der Waals surface area contributed by atoms with E-state index in [1.165, 1.54) is 11.0 Å². The molecular formula is C12H18N2O5. The van der Waals surface area contributed by atoms with Gasteiger partial charge in [0.2, 0.25) is 5.43 Å². The Morgan fingerprint density at radius 2 is 2.11 bits per heavy atom. The molecule has 0 atom stereocenters. The number of nitrogens with zero attached hydrogens (tertiary/aromatic N) is 2. The van der Waals surface area contributed by atoms with Crippen LogP contribution in [0.1, 0.15) is 18.3 Å². The van der Waals surface area contributed by atoms with Gasteiger partial charge in [-0.05, 0) is 14.0 Å². The highest BCUT2D eigenvalue weighted by molar-refractivity contribution is 5.69. The molecule has 0 aromatic carbocycles. The van der Waals surface area contributed by atoms with E-state index in [0.29, 0.717) is 17.9 Å². The van der Waals surface area contributed by atoms with Crippen LogP contribution < -0.4 is 5.43 Å². The van der Waals surface area contributed by atoms with Crippen molar-refractivity contribution in [2.45, 2.75) is 26.6 Å². The summed E-state index contributed by atoms with van der Waals surface area (Å²) in [6.07, 6.45) is 0. The molecule has 0 aliphatic rings. The van der Waals surface area contributed by atoms with Crippen molar-refractivity contribution in [1.29, 1.82) is 0 Å². The molecule has 3 N–H and O–H groups in total. The van der Waals surface area contributed by atoms with Crippen LogP contribution >= 0.6 is 0 Å². The van der Waals surface area contributed by atoms with E-state index in [2.05, 4.69) is 0 Å². The van der Waals surface area contributed by atoms with Crippen LogP contribution in [-0.2, 0) is 24.5 Å². The quantitative estimate of drug-likeness (QED) is 0.649. The molecule has 19 heavy (non-hydrogen) atoms. The molecule has 7 nitrogen and oxygen atoms in total. The number of hydrogen-bond acceptors (Lipinski definition) is 5. The zero-order valence-corrected chi connectivity index (χ0v) is 11.0. The zero-order valence-electron chi connectivity index (χ0n) is 11.0. The molecule has 1 rings (SSSR count). The van der Waals surface area contributed by atoms with Crippen LogP contribution in [0.5, 0.6) is 5.75 Å². The lowest BCUT2D eigenvalue weighted by Crippen LogP contribution is -2.28. The maximum Gasteiger partial charge on any atom is 0.317 e. The standard InChI is InChI=1S/C12H18N2O5/c1-3-14-8(7-15)4-10(16)12(19)9(14)5-13(2)6-11(17)18/h4,15,19H,3,5-7H2,1-2H3,(H,17,18). The topological polar surface area (TPSA) is 103 Å². The van der Waals surface area contributed by atoms with Crippen LogP contribution in [0.25, 0.3) is 0 Å². The Balaban J connectivity index is 3.20. The number of aliphatic hydroxyl groups excluding tert-OH is 1. The average molecular weight is 270 g/mol. The number of aliphatic hydroxyl groups is 1. The number of aromatic nitrogens is 1. The van der Waals surface area contributed by atoms with Gasteiger partial charge in [0.15, 0.2) is 5.75 Å². The molecule has 0 amide bonds. The highest BCUT2D eigenvalue weighted by atomic mass is 16.4. The summed E-state index contributed by atoms with van der Waals surface area (Å²) in [7, 11) is 1.57. The van der Waals surface area contributed by atoms with Gasteiger partial charge in [-0.3, -0.25) is 14.5 Å². The van der Waals surface area contributed by atoms with Crippen molar-refractivity contribution in [2.75, 3.05) is 13.6 Å². The molecule has 106 valence electrons. The van der Waals surface area contributed by atoms with Crippen LogP contribution in [0.15, 0.2) is 10.9 Å². The van der Waals surface area contributed by atoms with Gasteiger partial charge in [0.25, 0.3) is 0 Å². The van der Waals surface area contributed by atoms with Crippen molar-refractivity contribution >= 4 is 5.97 Å². The number of carbonyl (C=O) groups is 1. The van der Waals surface area contributed by atoms with Crippen molar-refractivity contribution in [3.05, 3.63) is 27.7 Å². The fourth-order valence-corrected chi connectivity index (χ4v) is 1.97. The highest BCUT2D eigenvalue weighted by Gasteiger charge is 2.16. The van der Waals surface area contributed by atoms with E-state index in [0.717, 1.165) is 0 Å². The molecule has 0 spiro atoms. The number of aromatic hydroxyl groups is 1. The van der Waals surface area contributed by atoms with Gasteiger partial charge in [0.05, 0.1) is 18.8 Å². The molecular weight excluding hydrogens is 252 g/mol. The summed E-state index contributed by atoms with van der Waals surface area (Å²) in [6, 6.07) is 1.18. The molecule has 0 saturated heterocycles. The summed E-state index contributed by atoms with van der Waals surface area (Å²) in [6.45, 7) is 1.85.